The Morgan fingerprint density at radius 2 is 1.00 bits per heavy atom. The van der Waals surface area contributed by atoms with Crippen molar-refractivity contribution in [3.63, 3.8) is 0 Å². The Morgan fingerprint density at radius 3 is 1.45 bits per heavy atom. The molecule has 0 spiro atoms. The van der Waals surface area contributed by atoms with Gasteiger partial charge in [0, 0.05) is 26.4 Å². The van der Waals surface area contributed by atoms with Crippen LogP contribution in [0.5, 0.6) is 0 Å². The lowest BCUT2D eigenvalue weighted by atomic mass is 10.3. The Bertz CT molecular complexity index is 205. The number of hydrogen-bond acceptors (Lipinski definition) is 5. The monoisotopic (exact) mass is 320 g/mol. The van der Waals surface area contributed by atoms with E-state index >= 15 is 0 Å². The first kappa shape index (κ1) is 21.8. The molecule has 0 fully saturated rings. The van der Waals surface area contributed by atoms with Crippen LogP contribution in [0.3, 0.4) is 0 Å². The molecule has 0 rings (SSSR count). The molecule has 0 aromatic rings. The Hall–Kier alpha value is -0.200. The Morgan fingerprint density at radius 1 is 0.545 bits per heavy atom. The number of hydrogen-bond donors (Lipinski definition) is 0. The molecule has 0 amide bonds. The molecule has 2 unspecified atom stereocenters. The summed E-state index contributed by atoms with van der Waals surface area (Å²) in [5, 5.41) is 0. The first-order valence-electron chi connectivity index (χ1n) is 8.74. The third-order valence-electron chi connectivity index (χ3n) is 2.88. The molecule has 0 aromatic carbocycles. The van der Waals surface area contributed by atoms with E-state index in [1.165, 1.54) is 0 Å². The van der Waals surface area contributed by atoms with Crippen LogP contribution in [0.15, 0.2) is 0 Å². The van der Waals surface area contributed by atoms with Crippen LogP contribution in [-0.2, 0) is 23.7 Å². The molecule has 0 saturated carbocycles. The van der Waals surface area contributed by atoms with Crippen LogP contribution in [-0.4, -0.2) is 65.1 Å². The molecule has 0 heterocycles. The maximum Gasteiger partial charge on any atom is 0.104 e. The maximum atomic E-state index is 5.77. The van der Waals surface area contributed by atoms with Crippen molar-refractivity contribution in [2.75, 3.05) is 52.9 Å². The fraction of sp³-hybridized carbons (Fsp3) is 1.00. The maximum absolute atomic E-state index is 5.77. The average Bonchev–Trinajstić information content (AvgIpc) is 2.54. The highest BCUT2D eigenvalue weighted by Gasteiger charge is 2.13. The average molecular weight is 320 g/mol. The van der Waals surface area contributed by atoms with Gasteiger partial charge in [-0.2, -0.15) is 0 Å². The molecule has 0 aliphatic carbocycles. The highest BCUT2D eigenvalue weighted by molar-refractivity contribution is 4.59. The van der Waals surface area contributed by atoms with Crippen molar-refractivity contribution in [3.8, 4) is 0 Å². The van der Waals surface area contributed by atoms with Gasteiger partial charge in [-0.15, -0.1) is 0 Å². The van der Waals surface area contributed by atoms with Crippen molar-refractivity contribution in [1.82, 2.24) is 0 Å². The Labute approximate surface area is 136 Å². The molecular weight excluding hydrogens is 284 g/mol. The normalized spacial score (nSPS) is 14.2. The third kappa shape index (κ3) is 13.5. The smallest absolute Gasteiger partial charge is 0.104 e. The summed E-state index contributed by atoms with van der Waals surface area (Å²) in [4.78, 5) is 0. The molecule has 0 aliphatic heterocycles. The second-order valence-corrected chi connectivity index (χ2v) is 5.26. The molecule has 0 saturated heterocycles. The van der Waals surface area contributed by atoms with Crippen molar-refractivity contribution in [2.45, 2.75) is 59.2 Å². The van der Waals surface area contributed by atoms with Gasteiger partial charge >= 0.3 is 0 Å². The van der Waals surface area contributed by atoms with Crippen LogP contribution < -0.4 is 0 Å². The molecule has 2 atom stereocenters. The van der Waals surface area contributed by atoms with E-state index in [1.807, 2.05) is 6.92 Å². The summed E-state index contributed by atoms with van der Waals surface area (Å²) < 4.78 is 28.3. The Balaban J connectivity index is 3.99. The molecule has 5 nitrogen and oxygen atoms in total. The number of rotatable bonds is 17. The van der Waals surface area contributed by atoms with E-state index in [0.717, 1.165) is 39.1 Å². The standard InChI is InChI=1S/C17H36O5/c1-5-9-19-13-17(22-11-7-3)15-20-14-16(12-18-8-4)21-10-6-2/h16-17H,5-15H2,1-4H3. The van der Waals surface area contributed by atoms with E-state index < -0.39 is 0 Å². The van der Waals surface area contributed by atoms with Gasteiger partial charge in [-0.3, -0.25) is 0 Å². The van der Waals surface area contributed by atoms with E-state index in [1.54, 1.807) is 0 Å². The van der Waals surface area contributed by atoms with Crippen LogP contribution >= 0.6 is 0 Å². The summed E-state index contributed by atoms with van der Waals surface area (Å²) in [6.07, 6.45) is 2.99. The molecule has 0 bridgehead atoms. The SMILES string of the molecule is CCCOCC(COCC(COCC)OCCC)OCCC. The highest BCUT2D eigenvalue weighted by atomic mass is 16.6. The topological polar surface area (TPSA) is 46.2 Å². The zero-order valence-electron chi connectivity index (χ0n) is 15.0. The summed E-state index contributed by atoms with van der Waals surface area (Å²) in [6, 6.07) is 0. The predicted molar refractivity (Wildman–Crippen MR) is 88.5 cm³/mol. The molecule has 22 heavy (non-hydrogen) atoms. The van der Waals surface area contributed by atoms with Crippen LogP contribution in [0.25, 0.3) is 0 Å². The van der Waals surface area contributed by atoms with Crippen molar-refractivity contribution in [1.29, 1.82) is 0 Å². The van der Waals surface area contributed by atoms with Crippen LogP contribution in [0.4, 0.5) is 0 Å². The van der Waals surface area contributed by atoms with Gasteiger partial charge in [0.05, 0.1) is 26.4 Å². The molecule has 0 aromatic heterocycles. The van der Waals surface area contributed by atoms with Crippen molar-refractivity contribution in [2.24, 2.45) is 0 Å². The Kier molecular flexibility index (Phi) is 17.0. The molecule has 134 valence electrons. The zero-order valence-corrected chi connectivity index (χ0v) is 15.0. The fourth-order valence-electron chi connectivity index (χ4n) is 1.80. The van der Waals surface area contributed by atoms with E-state index in [4.69, 9.17) is 23.7 Å². The predicted octanol–water partition coefficient (Wildman–Crippen LogP) is 3.06. The van der Waals surface area contributed by atoms with E-state index in [-0.39, 0.29) is 12.2 Å². The summed E-state index contributed by atoms with van der Waals surface area (Å²) in [5.41, 5.74) is 0. The lowest BCUT2D eigenvalue weighted by molar-refractivity contribution is -0.0940. The van der Waals surface area contributed by atoms with Crippen molar-refractivity contribution in [3.05, 3.63) is 0 Å². The van der Waals surface area contributed by atoms with Gasteiger partial charge < -0.3 is 23.7 Å². The van der Waals surface area contributed by atoms with Crippen LogP contribution in [0, 0.1) is 0 Å². The first-order chi connectivity index (χ1) is 10.8. The molecule has 0 N–H and O–H groups in total. The third-order valence-corrected chi connectivity index (χ3v) is 2.88. The van der Waals surface area contributed by atoms with Gasteiger partial charge in [-0.05, 0) is 26.2 Å². The minimum atomic E-state index is -0.0108. The quantitative estimate of drug-likeness (QED) is 0.385. The van der Waals surface area contributed by atoms with E-state index in [0.29, 0.717) is 33.0 Å². The van der Waals surface area contributed by atoms with Gasteiger partial charge in [0.25, 0.3) is 0 Å². The fourth-order valence-corrected chi connectivity index (χ4v) is 1.80. The van der Waals surface area contributed by atoms with Crippen molar-refractivity contribution < 1.29 is 23.7 Å². The molecule has 0 aliphatic rings. The van der Waals surface area contributed by atoms with Crippen molar-refractivity contribution >= 4 is 0 Å². The summed E-state index contributed by atoms with van der Waals surface area (Å²) in [6.45, 7) is 13.4. The van der Waals surface area contributed by atoms with Gasteiger partial charge in [-0.25, -0.2) is 0 Å². The van der Waals surface area contributed by atoms with Crippen LogP contribution in [0.1, 0.15) is 47.0 Å². The second kappa shape index (κ2) is 17.2. The number of ether oxygens (including phenoxy) is 5. The van der Waals surface area contributed by atoms with Gasteiger partial charge in [0.1, 0.15) is 12.2 Å². The second-order valence-electron chi connectivity index (χ2n) is 5.26. The highest BCUT2D eigenvalue weighted by Crippen LogP contribution is 2.01. The molecule has 0 radical (unpaired) electrons. The lowest BCUT2D eigenvalue weighted by Gasteiger charge is -2.21. The molecular formula is C17H36O5. The van der Waals surface area contributed by atoms with E-state index in [9.17, 15) is 0 Å². The lowest BCUT2D eigenvalue weighted by Crippen LogP contribution is -2.31. The first-order valence-corrected chi connectivity index (χ1v) is 8.74. The largest absolute Gasteiger partial charge is 0.379 e. The minimum absolute atomic E-state index is 0.00887. The summed E-state index contributed by atoms with van der Waals surface area (Å²) in [5.74, 6) is 0. The zero-order chi connectivity index (χ0) is 16.5. The van der Waals surface area contributed by atoms with E-state index in [2.05, 4.69) is 20.8 Å². The van der Waals surface area contributed by atoms with Gasteiger partial charge in [0.2, 0.25) is 0 Å². The summed E-state index contributed by atoms with van der Waals surface area (Å²) in [7, 11) is 0. The van der Waals surface area contributed by atoms with Gasteiger partial charge in [0.15, 0.2) is 0 Å². The minimum Gasteiger partial charge on any atom is -0.379 e. The van der Waals surface area contributed by atoms with Crippen LogP contribution in [0.2, 0.25) is 0 Å². The summed E-state index contributed by atoms with van der Waals surface area (Å²) >= 11 is 0. The molecule has 5 heteroatoms. The van der Waals surface area contributed by atoms with Gasteiger partial charge in [-0.1, -0.05) is 20.8 Å².